The lowest BCUT2D eigenvalue weighted by molar-refractivity contribution is -0.137. The molecular weight excluding hydrogens is 330 g/mol. The number of likely N-dealkylation sites (tertiary alicyclic amines) is 2. The van der Waals surface area contributed by atoms with Crippen LogP contribution in [0.1, 0.15) is 60.1 Å². The maximum Gasteiger partial charge on any atom is 0.261 e. The van der Waals surface area contributed by atoms with Crippen molar-refractivity contribution in [3.8, 4) is 0 Å². The predicted molar refractivity (Wildman–Crippen MR) is 98.1 cm³/mol. The molecule has 2 aliphatic heterocycles. The second-order valence-electron chi connectivity index (χ2n) is 7.82. The Morgan fingerprint density at radius 2 is 1.65 bits per heavy atom. The number of aromatic amines is 1. The monoisotopic (exact) mass is 357 g/mol. The van der Waals surface area contributed by atoms with Crippen LogP contribution < -0.4 is 5.56 Å². The van der Waals surface area contributed by atoms with Gasteiger partial charge in [0.25, 0.3) is 11.5 Å². The summed E-state index contributed by atoms with van der Waals surface area (Å²) in [4.78, 5) is 44.4. The summed E-state index contributed by atoms with van der Waals surface area (Å²) in [7, 11) is 0. The van der Waals surface area contributed by atoms with Crippen LogP contribution in [0.25, 0.3) is 0 Å². The number of hydrogen-bond donors (Lipinski definition) is 1. The number of amides is 2. The minimum atomic E-state index is -0.276. The van der Waals surface area contributed by atoms with Gasteiger partial charge in [0.2, 0.25) is 5.91 Å². The third-order valence-electron chi connectivity index (χ3n) is 6.12. The summed E-state index contributed by atoms with van der Waals surface area (Å²) in [5.74, 6) is 0.0902. The number of H-pyrrole nitrogens is 1. The third-order valence-corrected chi connectivity index (χ3v) is 6.12. The van der Waals surface area contributed by atoms with E-state index in [1.807, 2.05) is 4.90 Å². The number of aromatic nitrogens is 1. The van der Waals surface area contributed by atoms with Crippen LogP contribution >= 0.6 is 0 Å². The Morgan fingerprint density at radius 1 is 0.923 bits per heavy atom. The van der Waals surface area contributed by atoms with E-state index in [1.54, 1.807) is 11.0 Å². The Morgan fingerprint density at radius 3 is 2.38 bits per heavy atom. The van der Waals surface area contributed by atoms with Crippen LogP contribution in [0.15, 0.2) is 10.9 Å². The van der Waals surface area contributed by atoms with Gasteiger partial charge in [-0.3, -0.25) is 14.4 Å². The summed E-state index contributed by atoms with van der Waals surface area (Å²) in [5, 5.41) is 0. The number of carbonyl (C=O) groups is 2. The van der Waals surface area contributed by atoms with Crippen LogP contribution in [0.5, 0.6) is 0 Å². The van der Waals surface area contributed by atoms with Gasteiger partial charge < -0.3 is 14.8 Å². The van der Waals surface area contributed by atoms with Gasteiger partial charge in [-0.25, -0.2) is 0 Å². The van der Waals surface area contributed by atoms with Gasteiger partial charge in [0.15, 0.2) is 0 Å². The summed E-state index contributed by atoms with van der Waals surface area (Å²) < 4.78 is 0. The standard InChI is InChI=1S/C20H27N3O3/c24-18-16(13-15-5-4-6-17(15)21-18)20(26)23-11-7-14(8-12-23)19(25)22-9-2-1-3-10-22/h13-14H,1-12H2,(H,21,24). The largest absolute Gasteiger partial charge is 0.342 e. The van der Waals surface area contributed by atoms with Crippen molar-refractivity contribution in [3.63, 3.8) is 0 Å². The molecule has 0 unspecified atom stereocenters. The number of hydrogen-bond acceptors (Lipinski definition) is 3. The molecule has 1 aliphatic carbocycles. The van der Waals surface area contributed by atoms with Gasteiger partial charge in [0.05, 0.1) is 0 Å². The van der Waals surface area contributed by atoms with Gasteiger partial charge in [0, 0.05) is 37.8 Å². The molecule has 26 heavy (non-hydrogen) atoms. The van der Waals surface area contributed by atoms with E-state index in [4.69, 9.17) is 0 Å². The highest BCUT2D eigenvalue weighted by atomic mass is 16.2. The van der Waals surface area contributed by atoms with Crippen LogP contribution in [0.3, 0.4) is 0 Å². The lowest BCUT2D eigenvalue weighted by Gasteiger charge is -2.35. The Hall–Kier alpha value is -2.11. The molecule has 3 aliphatic rings. The van der Waals surface area contributed by atoms with E-state index in [0.717, 1.165) is 56.5 Å². The maximum atomic E-state index is 12.8. The van der Waals surface area contributed by atoms with E-state index in [9.17, 15) is 14.4 Å². The zero-order valence-electron chi connectivity index (χ0n) is 15.3. The summed E-state index contributed by atoms with van der Waals surface area (Å²) in [6.07, 6.45) is 7.67. The van der Waals surface area contributed by atoms with Crippen molar-refractivity contribution in [2.24, 2.45) is 5.92 Å². The molecule has 1 N–H and O–H groups in total. The van der Waals surface area contributed by atoms with Gasteiger partial charge >= 0.3 is 0 Å². The number of fused-ring (bicyclic) bond motifs is 1. The van der Waals surface area contributed by atoms with E-state index in [2.05, 4.69) is 4.98 Å². The Bertz CT molecular complexity index is 756. The topological polar surface area (TPSA) is 73.5 Å². The lowest BCUT2D eigenvalue weighted by Crippen LogP contribution is -2.46. The van der Waals surface area contributed by atoms with Crippen molar-refractivity contribution in [2.75, 3.05) is 26.2 Å². The van der Waals surface area contributed by atoms with E-state index >= 15 is 0 Å². The minimum Gasteiger partial charge on any atom is -0.342 e. The molecule has 2 saturated heterocycles. The molecular formula is C20H27N3O3. The summed E-state index contributed by atoms with van der Waals surface area (Å²) in [5.41, 5.74) is 2.06. The molecule has 3 heterocycles. The highest BCUT2D eigenvalue weighted by Gasteiger charge is 2.32. The van der Waals surface area contributed by atoms with E-state index in [-0.39, 0.29) is 28.9 Å². The molecule has 4 rings (SSSR count). The molecule has 0 aromatic carbocycles. The molecule has 6 nitrogen and oxygen atoms in total. The minimum absolute atomic E-state index is 0.0236. The highest BCUT2D eigenvalue weighted by Crippen LogP contribution is 2.24. The lowest BCUT2D eigenvalue weighted by atomic mass is 9.94. The van der Waals surface area contributed by atoms with E-state index in [0.29, 0.717) is 25.9 Å². The number of carbonyl (C=O) groups excluding carboxylic acids is 2. The smallest absolute Gasteiger partial charge is 0.261 e. The van der Waals surface area contributed by atoms with Crippen molar-refractivity contribution >= 4 is 11.8 Å². The van der Waals surface area contributed by atoms with Gasteiger partial charge in [-0.2, -0.15) is 0 Å². The van der Waals surface area contributed by atoms with E-state index in [1.165, 1.54) is 6.42 Å². The van der Waals surface area contributed by atoms with Crippen LogP contribution in [0.2, 0.25) is 0 Å². The van der Waals surface area contributed by atoms with Crippen molar-refractivity contribution < 1.29 is 9.59 Å². The first-order chi connectivity index (χ1) is 12.6. The Kier molecular flexibility index (Phi) is 4.83. The fraction of sp³-hybridized carbons (Fsp3) is 0.650. The Balaban J connectivity index is 1.39. The molecule has 140 valence electrons. The summed E-state index contributed by atoms with van der Waals surface area (Å²) in [6.45, 7) is 2.87. The molecule has 0 bridgehead atoms. The van der Waals surface area contributed by atoms with Gasteiger partial charge in [-0.15, -0.1) is 0 Å². The van der Waals surface area contributed by atoms with Gasteiger partial charge in [0.1, 0.15) is 5.56 Å². The first-order valence-electron chi connectivity index (χ1n) is 9.96. The van der Waals surface area contributed by atoms with Crippen molar-refractivity contribution in [2.45, 2.75) is 51.4 Å². The van der Waals surface area contributed by atoms with Gasteiger partial charge in [-0.05, 0) is 63.0 Å². The van der Waals surface area contributed by atoms with Crippen LogP contribution in [0, 0.1) is 5.92 Å². The van der Waals surface area contributed by atoms with Crippen LogP contribution in [-0.2, 0) is 17.6 Å². The van der Waals surface area contributed by atoms with Crippen LogP contribution in [0.4, 0.5) is 0 Å². The van der Waals surface area contributed by atoms with Crippen molar-refractivity contribution in [3.05, 3.63) is 33.2 Å². The fourth-order valence-corrected chi connectivity index (χ4v) is 4.54. The second kappa shape index (κ2) is 7.25. The number of nitrogens with zero attached hydrogens (tertiary/aromatic N) is 2. The first kappa shape index (κ1) is 17.3. The highest BCUT2D eigenvalue weighted by molar-refractivity contribution is 5.94. The SMILES string of the molecule is O=C(c1cc2c([nH]c1=O)CCC2)N1CCC(C(=O)N2CCCCC2)CC1. The zero-order chi connectivity index (χ0) is 18.1. The molecule has 0 radical (unpaired) electrons. The summed E-state index contributed by atoms with van der Waals surface area (Å²) in [6, 6.07) is 1.79. The Labute approximate surface area is 153 Å². The second-order valence-corrected chi connectivity index (χ2v) is 7.82. The number of nitrogens with one attached hydrogen (secondary N) is 1. The number of rotatable bonds is 2. The molecule has 2 amide bonds. The number of aryl methyl sites for hydroxylation is 2. The van der Waals surface area contributed by atoms with Crippen molar-refractivity contribution in [1.29, 1.82) is 0 Å². The van der Waals surface area contributed by atoms with Gasteiger partial charge in [-0.1, -0.05) is 0 Å². The first-order valence-corrected chi connectivity index (χ1v) is 9.96. The summed E-state index contributed by atoms with van der Waals surface area (Å²) >= 11 is 0. The molecule has 0 saturated carbocycles. The van der Waals surface area contributed by atoms with Crippen molar-refractivity contribution in [1.82, 2.24) is 14.8 Å². The molecule has 0 atom stereocenters. The third kappa shape index (κ3) is 3.29. The zero-order valence-corrected chi connectivity index (χ0v) is 15.3. The number of pyridine rings is 1. The number of piperidine rings is 2. The molecule has 0 spiro atoms. The van der Waals surface area contributed by atoms with E-state index < -0.39 is 0 Å². The molecule has 1 aromatic heterocycles. The predicted octanol–water partition coefficient (Wildman–Crippen LogP) is 1.73. The normalized spacial score (nSPS) is 20.9. The molecule has 1 aromatic rings. The maximum absolute atomic E-state index is 12.8. The molecule has 2 fully saturated rings. The quantitative estimate of drug-likeness (QED) is 0.876. The molecule has 6 heteroatoms. The van der Waals surface area contributed by atoms with Crippen LogP contribution in [-0.4, -0.2) is 52.8 Å². The fourth-order valence-electron chi connectivity index (χ4n) is 4.54. The average molecular weight is 357 g/mol. The average Bonchev–Trinajstić information content (AvgIpc) is 3.14.